The largest absolute Gasteiger partial charge is 0.489 e. The Labute approximate surface area is 123 Å². The van der Waals surface area contributed by atoms with E-state index in [1.807, 2.05) is 20.2 Å². The van der Waals surface area contributed by atoms with Gasteiger partial charge < -0.3 is 10.1 Å². The van der Waals surface area contributed by atoms with Crippen LogP contribution >= 0.6 is 0 Å². The number of nitriles is 1. The lowest BCUT2D eigenvalue weighted by Gasteiger charge is -2.07. The minimum absolute atomic E-state index is 0.154. The number of aryl methyl sites for hydroxylation is 2. The summed E-state index contributed by atoms with van der Waals surface area (Å²) in [6.07, 6.45) is 1.77. The number of hydrogen-bond donors (Lipinski definition) is 1. The summed E-state index contributed by atoms with van der Waals surface area (Å²) >= 11 is 0. The van der Waals surface area contributed by atoms with Crippen molar-refractivity contribution < 1.29 is 9.53 Å². The smallest absolute Gasteiger partial charge is 0.238 e. The maximum absolute atomic E-state index is 11.3. The predicted octanol–water partition coefficient (Wildman–Crippen LogP) is 2.16. The third-order valence-corrected chi connectivity index (χ3v) is 2.89. The number of ether oxygens (including phenoxy) is 1. The highest BCUT2D eigenvalue weighted by atomic mass is 16.5. The Morgan fingerprint density at radius 2 is 2.14 bits per heavy atom. The summed E-state index contributed by atoms with van der Waals surface area (Å²) in [5.41, 5.74) is 2.61. The molecule has 0 radical (unpaired) electrons. The van der Waals surface area contributed by atoms with Gasteiger partial charge in [-0.05, 0) is 31.2 Å². The van der Waals surface area contributed by atoms with Crippen molar-refractivity contribution in [3.05, 3.63) is 41.7 Å². The van der Waals surface area contributed by atoms with Crippen LogP contribution in [0.5, 0.6) is 5.75 Å². The molecule has 2 aromatic rings. The van der Waals surface area contributed by atoms with Gasteiger partial charge in [-0.15, -0.1) is 0 Å². The molecular weight excluding hydrogens is 268 g/mol. The molecule has 6 nitrogen and oxygen atoms in total. The molecule has 0 aliphatic heterocycles. The van der Waals surface area contributed by atoms with Crippen molar-refractivity contribution in [3.63, 3.8) is 0 Å². The average Bonchev–Trinajstić information content (AvgIpc) is 2.76. The molecule has 6 heteroatoms. The summed E-state index contributed by atoms with van der Waals surface area (Å²) in [5.74, 6) is 0.383. The van der Waals surface area contributed by atoms with E-state index in [2.05, 4.69) is 10.4 Å². The number of anilines is 1. The van der Waals surface area contributed by atoms with Gasteiger partial charge in [0.1, 0.15) is 18.8 Å². The van der Waals surface area contributed by atoms with Crippen molar-refractivity contribution in [1.29, 1.82) is 5.26 Å². The van der Waals surface area contributed by atoms with E-state index in [9.17, 15) is 4.79 Å². The molecular formula is C15H16N4O2. The van der Waals surface area contributed by atoms with Gasteiger partial charge in [-0.2, -0.15) is 10.4 Å². The van der Waals surface area contributed by atoms with Gasteiger partial charge in [-0.1, -0.05) is 0 Å². The molecule has 2 rings (SSSR count). The van der Waals surface area contributed by atoms with Crippen molar-refractivity contribution >= 4 is 11.6 Å². The van der Waals surface area contributed by atoms with E-state index in [4.69, 9.17) is 10.00 Å². The van der Waals surface area contributed by atoms with Gasteiger partial charge in [0, 0.05) is 24.5 Å². The van der Waals surface area contributed by atoms with Gasteiger partial charge in [-0.25, -0.2) is 0 Å². The highest BCUT2D eigenvalue weighted by Crippen LogP contribution is 2.17. The lowest BCUT2D eigenvalue weighted by atomic mass is 10.2. The second-order valence-electron chi connectivity index (χ2n) is 4.61. The molecule has 0 bridgehead atoms. The molecule has 1 N–H and O–H groups in total. The first-order valence-electron chi connectivity index (χ1n) is 6.47. The Hall–Kier alpha value is -2.81. The first-order chi connectivity index (χ1) is 10.1. The number of amides is 1. The second kappa shape index (κ2) is 6.57. The molecule has 0 spiro atoms. The van der Waals surface area contributed by atoms with E-state index in [1.165, 1.54) is 0 Å². The molecule has 1 aromatic carbocycles. The maximum Gasteiger partial charge on any atom is 0.238 e. The summed E-state index contributed by atoms with van der Waals surface area (Å²) < 4.78 is 7.43. The Bertz CT molecular complexity index is 668. The number of carbonyl (C=O) groups is 1. The van der Waals surface area contributed by atoms with Gasteiger partial charge >= 0.3 is 0 Å². The third-order valence-electron chi connectivity index (χ3n) is 2.89. The molecule has 1 aromatic heterocycles. The normalized spacial score (nSPS) is 9.95. The number of aromatic nitrogens is 2. The van der Waals surface area contributed by atoms with Crippen LogP contribution in [0.4, 0.5) is 5.69 Å². The maximum atomic E-state index is 11.3. The van der Waals surface area contributed by atoms with Gasteiger partial charge in [0.05, 0.1) is 11.8 Å². The third kappa shape index (κ3) is 4.08. The number of hydrogen-bond acceptors (Lipinski definition) is 4. The fraction of sp³-hybridized carbons (Fsp3) is 0.267. The molecule has 1 heterocycles. The highest BCUT2D eigenvalue weighted by Gasteiger charge is 2.05. The van der Waals surface area contributed by atoms with Crippen molar-refractivity contribution in [3.8, 4) is 11.8 Å². The summed E-state index contributed by atoms with van der Waals surface area (Å²) in [7, 11) is 1.87. The Morgan fingerprint density at radius 1 is 1.43 bits per heavy atom. The van der Waals surface area contributed by atoms with Crippen LogP contribution < -0.4 is 10.1 Å². The summed E-state index contributed by atoms with van der Waals surface area (Å²) in [5, 5.41) is 15.3. The first-order valence-corrected chi connectivity index (χ1v) is 6.47. The molecule has 0 fully saturated rings. The molecule has 108 valence electrons. The van der Waals surface area contributed by atoms with E-state index in [0.29, 0.717) is 18.0 Å². The first kappa shape index (κ1) is 14.6. The zero-order valence-electron chi connectivity index (χ0n) is 12.0. The number of nitrogens with zero attached hydrogens (tertiary/aromatic N) is 3. The second-order valence-corrected chi connectivity index (χ2v) is 4.61. The molecule has 0 unspecified atom stereocenters. The molecule has 0 saturated heterocycles. The molecule has 0 atom stereocenters. The van der Waals surface area contributed by atoms with Crippen LogP contribution in [0.1, 0.15) is 17.7 Å². The SMILES string of the molecule is Cc1nn(C)cc1COc1ccc(NC(=O)CC#N)cc1. The van der Waals surface area contributed by atoms with Gasteiger partial charge in [0.15, 0.2) is 0 Å². The van der Waals surface area contributed by atoms with Gasteiger partial charge in [0.25, 0.3) is 0 Å². The quantitative estimate of drug-likeness (QED) is 0.912. The number of rotatable bonds is 5. The zero-order chi connectivity index (χ0) is 15.2. The van der Waals surface area contributed by atoms with E-state index in [-0.39, 0.29) is 12.3 Å². The van der Waals surface area contributed by atoms with Crippen molar-refractivity contribution in [2.24, 2.45) is 7.05 Å². The molecule has 0 aliphatic rings. The van der Waals surface area contributed by atoms with Crippen LogP contribution in [-0.2, 0) is 18.4 Å². The van der Waals surface area contributed by atoms with Crippen LogP contribution in [0, 0.1) is 18.3 Å². The lowest BCUT2D eigenvalue weighted by Crippen LogP contribution is -2.09. The van der Waals surface area contributed by atoms with Crippen LogP contribution in [0.15, 0.2) is 30.5 Å². The van der Waals surface area contributed by atoms with Crippen molar-refractivity contribution in [2.45, 2.75) is 20.0 Å². The fourth-order valence-corrected chi connectivity index (χ4v) is 1.86. The van der Waals surface area contributed by atoms with E-state index >= 15 is 0 Å². The average molecular weight is 284 g/mol. The minimum atomic E-state index is -0.322. The van der Waals surface area contributed by atoms with Gasteiger partial charge in [0.2, 0.25) is 5.91 Å². The minimum Gasteiger partial charge on any atom is -0.489 e. The monoisotopic (exact) mass is 284 g/mol. The topological polar surface area (TPSA) is 79.9 Å². The van der Waals surface area contributed by atoms with Crippen LogP contribution in [0.3, 0.4) is 0 Å². The van der Waals surface area contributed by atoms with E-state index < -0.39 is 0 Å². The van der Waals surface area contributed by atoms with E-state index in [0.717, 1.165) is 11.3 Å². The summed E-state index contributed by atoms with van der Waals surface area (Å²) in [6.45, 7) is 2.38. The lowest BCUT2D eigenvalue weighted by molar-refractivity contribution is -0.115. The Morgan fingerprint density at radius 3 is 2.71 bits per heavy atom. The Balaban J connectivity index is 1.92. The fourth-order valence-electron chi connectivity index (χ4n) is 1.86. The van der Waals surface area contributed by atoms with Crippen LogP contribution in [0.25, 0.3) is 0 Å². The van der Waals surface area contributed by atoms with Crippen LogP contribution in [-0.4, -0.2) is 15.7 Å². The predicted molar refractivity (Wildman–Crippen MR) is 77.6 cm³/mol. The Kier molecular flexibility index (Phi) is 4.57. The van der Waals surface area contributed by atoms with E-state index in [1.54, 1.807) is 35.0 Å². The number of carbonyl (C=O) groups excluding carboxylic acids is 1. The molecule has 1 amide bonds. The van der Waals surface area contributed by atoms with Crippen LogP contribution in [0.2, 0.25) is 0 Å². The number of nitrogens with one attached hydrogen (secondary N) is 1. The summed E-state index contributed by atoms with van der Waals surface area (Å²) in [4.78, 5) is 11.3. The van der Waals surface area contributed by atoms with Crippen molar-refractivity contribution in [2.75, 3.05) is 5.32 Å². The zero-order valence-corrected chi connectivity index (χ0v) is 12.0. The molecule has 21 heavy (non-hydrogen) atoms. The van der Waals surface area contributed by atoms with Gasteiger partial charge in [-0.3, -0.25) is 9.48 Å². The molecule has 0 aliphatic carbocycles. The number of benzene rings is 1. The highest BCUT2D eigenvalue weighted by molar-refractivity contribution is 5.92. The summed E-state index contributed by atoms with van der Waals surface area (Å²) in [6, 6.07) is 8.82. The standard InChI is InChI=1S/C15H16N4O2/c1-11-12(9-19(2)18-11)10-21-14-5-3-13(4-6-14)17-15(20)7-8-16/h3-6,9H,7,10H2,1-2H3,(H,17,20). The molecule has 0 saturated carbocycles. The van der Waals surface area contributed by atoms with Crippen molar-refractivity contribution in [1.82, 2.24) is 9.78 Å².